The average Bonchev–Trinajstić information content (AvgIpc) is 2.13. The number of imide groups is 1. The first-order valence-corrected chi connectivity index (χ1v) is 5.56. The molecule has 0 aliphatic rings. The van der Waals surface area contributed by atoms with Gasteiger partial charge in [-0.1, -0.05) is 0 Å². The largest absolute Gasteiger partial charge is 0.480 e. The van der Waals surface area contributed by atoms with Crippen molar-refractivity contribution in [1.82, 2.24) is 5.32 Å². The van der Waals surface area contributed by atoms with Gasteiger partial charge >= 0.3 is 12.0 Å². The molecule has 7 nitrogen and oxygen atoms in total. The van der Waals surface area contributed by atoms with Gasteiger partial charge in [-0.25, -0.2) is 4.79 Å². The Labute approximate surface area is 94.8 Å². The normalized spacial score (nSPS) is 14.9. The molecule has 0 aromatic carbocycles. The maximum absolute atomic E-state index is 11.7. The molecule has 0 rings (SSSR count). The van der Waals surface area contributed by atoms with Crippen LogP contribution >= 0.6 is 0 Å². The van der Waals surface area contributed by atoms with Gasteiger partial charge in [0.05, 0.1) is 10.8 Å². The van der Waals surface area contributed by atoms with Crippen LogP contribution in [0, 0.1) is 0 Å². The Morgan fingerprint density at radius 3 is 2.12 bits per heavy atom. The number of hydrogen-bond donors (Lipinski definition) is 3. The van der Waals surface area contributed by atoms with Crippen LogP contribution in [0.1, 0.15) is 20.8 Å². The zero-order chi connectivity index (χ0) is 13.1. The molecular weight excluding hydrogens is 236 g/mol. The van der Waals surface area contributed by atoms with Gasteiger partial charge in [0.2, 0.25) is 5.91 Å². The number of carboxylic acid groups (broad SMARTS) is 1. The summed E-state index contributed by atoms with van der Waals surface area (Å²) in [5.74, 6) is -2.15. The van der Waals surface area contributed by atoms with E-state index < -0.39 is 38.7 Å². The number of carbonyl (C=O) groups is 3. The van der Waals surface area contributed by atoms with Gasteiger partial charge in [0, 0.05) is 0 Å². The van der Waals surface area contributed by atoms with Crippen molar-refractivity contribution in [2.24, 2.45) is 5.73 Å². The Morgan fingerprint density at radius 1 is 1.38 bits per heavy atom. The van der Waals surface area contributed by atoms with Gasteiger partial charge in [-0.3, -0.25) is 19.1 Å². The number of urea groups is 1. The Morgan fingerprint density at radius 2 is 1.81 bits per heavy atom. The fourth-order valence-corrected chi connectivity index (χ4v) is 2.16. The Hall–Kier alpha value is -1.44. The number of primary amides is 1. The third-order valence-electron chi connectivity index (χ3n) is 1.95. The lowest BCUT2D eigenvalue weighted by Crippen LogP contribution is -2.48. The lowest BCUT2D eigenvalue weighted by molar-refractivity contribution is -0.139. The maximum atomic E-state index is 11.7. The number of aliphatic carboxylic acids is 1. The second-order valence-corrected chi connectivity index (χ2v) is 5.93. The fraction of sp³-hybridized carbons (Fsp3) is 0.625. The lowest BCUT2D eigenvalue weighted by atomic mass is 10.2. The quantitative estimate of drug-likeness (QED) is 0.601. The second kappa shape index (κ2) is 5.06. The van der Waals surface area contributed by atoms with E-state index in [0.717, 1.165) is 0 Å². The van der Waals surface area contributed by atoms with Crippen molar-refractivity contribution in [3.8, 4) is 0 Å². The molecule has 0 aromatic rings. The highest BCUT2D eigenvalue weighted by Crippen LogP contribution is 2.17. The molecule has 0 saturated carbocycles. The van der Waals surface area contributed by atoms with E-state index in [1.54, 1.807) is 5.32 Å². The number of carbonyl (C=O) groups excluding carboxylic acids is 2. The van der Waals surface area contributed by atoms with Crippen LogP contribution in [0.25, 0.3) is 0 Å². The first kappa shape index (κ1) is 14.6. The summed E-state index contributed by atoms with van der Waals surface area (Å²) in [6.07, 6.45) is 0. The highest BCUT2D eigenvalue weighted by Gasteiger charge is 2.39. The van der Waals surface area contributed by atoms with Crippen molar-refractivity contribution in [3.05, 3.63) is 0 Å². The molecule has 0 radical (unpaired) electrons. The molecule has 2 unspecified atom stereocenters. The van der Waals surface area contributed by atoms with E-state index in [1.807, 2.05) is 0 Å². The third-order valence-corrected chi connectivity index (χ3v) is 3.99. The molecule has 0 bridgehead atoms. The summed E-state index contributed by atoms with van der Waals surface area (Å²) >= 11 is 0. The first-order chi connectivity index (χ1) is 7.10. The van der Waals surface area contributed by atoms with Crippen LogP contribution in [-0.2, 0) is 20.4 Å². The fourth-order valence-electron chi connectivity index (χ4n) is 0.848. The molecule has 16 heavy (non-hydrogen) atoms. The summed E-state index contributed by atoms with van der Waals surface area (Å²) in [4.78, 5) is 32.5. The zero-order valence-electron chi connectivity index (χ0n) is 9.14. The van der Waals surface area contributed by atoms with Crippen LogP contribution < -0.4 is 11.1 Å². The predicted octanol–water partition coefficient (Wildman–Crippen LogP) is -0.818. The molecule has 2 atom stereocenters. The standard InChI is InChI=1S/C8H14N2O5S/c1-4(5(11)10-7(9)14)16(15)8(2,3)6(12)13/h4H,1-3H3,(H,12,13)(H3,9,10,11,14). The van der Waals surface area contributed by atoms with Gasteiger partial charge in [0.15, 0.2) is 0 Å². The molecule has 3 amide bonds. The van der Waals surface area contributed by atoms with Crippen molar-refractivity contribution in [2.45, 2.75) is 30.8 Å². The molecule has 0 saturated heterocycles. The summed E-state index contributed by atoms with van der Waals surface area (Å²) in [6, 6.07) is -1.07. The average molecular weight is 250 g/mol. The molecule has 0 aliphatic heterocycles. The monoisotopic (exact) mass is 250 g/mol. The van der Waals surface area contributed by atoms with Gasteiger partial charge in [0.1, 0.15) is 10.00 Å². The van der Waals surface area contributed by atoms with Crippen LogP contribution in [-0.4, -0.2) is 37.2 Å². The molecule has 0 heterocycles. The van der Waals surface area contributed by atoms with Gasteiger partial charge in [-0.2, -0.15) is 0 Å². The van der Waals surface area contributed by atoms with Crippen LogP contribution in [0.4, 0.5) is 4.79 Å². The topological polar surface area (TPSA) is 127 Å². The smallest absolute Gasteiger partial charge is 0.321 e. The predicted molar refractivity (Wildman–Crippen MR) is 57.0 cm³/mol. The summed E-state index contributed by atoms with van der Waals surface area (Å²) in [7, 11) is -1.97. The van der Waals surface area contributed by atoms with E-state index in [1.165, 1.54) is 20.8 Å². The van der Waals surface area contributed by atoms with Crippen LogP contribution in [0.5, 0.6) is 0 Å². The molecule has 0 spiro atoms. The van der Waals surface area contributed by atoms with Crippen LogP contribution in [0.15, 0.2) is 0 Å². The van der Waals surface area contributed by atoms with Gasteiger partial charge in [0.25, 0.3) is 0 Å². The molecular formula is C8H14N2O5S. The van der Waals surface area contributed by atoms with Crippen molar-refractivity contribution >= 4 is 28.7 Å². The van der Waals surface area contributed by atoms with Crippen LogP contribution in [0.3, 0.4) is 0 Å². The molecule has 0 aliphatic carbocycles. The molecule has 0 aromatic heterocycles. The number of hydrogen-bond acceptors (Lipinski definition) is 4. The van der Waals surface area contributed by atoms with E-state index >= 15 is 0 Å². The molecule has 0 fully saturated rings. The Balaban J connectivity index is 4.81. The van der Waals surface area contributed by atoms with Crippen LogP contribution in [0.2, 0.25) is 0 Å². The van der Waals surface area contributed by atoms with Crippen molar-refractivity contribution in [1.29, 1.82) is 0 Å². The second-order valence-electron chi connectivity index (χ2n) is 3.61. The number of rotatable bonds is 4. The number of nitrogens with one attached hydrogen (secondary N) is 1. The maximum Gasteiger partial charge on any atom is 0.321 e. The highest BCUT2D eigenvalue weighted by atomic mass is 32.2. The third kappa shape index (κ3) is 3.30. The van der Waals surface area contributed by atoms with Crippen molar-refractivity contribution < 1.29 is 23.7 Å². The zero-order valence-corrected chi connectivity index (χ0v) is 9.96. The van der Waals surface area contributed by atoms with E-state index in [9.17, 15) is 18.6 Å². The number of amides is 3. The van der Waals surface area contributed by atoms with Gasteiger partial charge in [-0.15, -0.1) is 0 Å². The van der Waals surface area contributed by atoms with Gasteiger partial charge < -0.3 is 10.8 Å². The summed E-state index contributed by atoms with van der Waals surface area (Å²) < 4.78 is 10.2. The number of nitrogens with two attached hydrogens (primary N) is 1. The van der Waals surface area contributed by atoms with Crippen molar-refractivity contribution in [2.75, 3.05) is 0 Å². The minimum absolute atomic E-state index is 0.861. The first-order valence-electron chi connectivity index (χ1n) is 4.35. The minimum Gasteiger partial charge on any atom is -0.480 e. The van der Waals surface area contributed by atoms with Crippen molar-refractivity contribution in [3.63, 3.8) is 0 Å². The molecule has 8 heteroatoms. The van der Waals surface area contributed by atoms with E-state index in [2.05, 4.69) is 0 Å². The molecule has 4 N–H and O–H groups in total. The number of carboxylic acids is 1. The SMILES string of the molecule is CC(C(=O)NC(N)=O)S(=O)C(C)(C)C(=O)O. The van der Waals surface area contributed by atoms with Gasteiger partial charge in [-0.05, 0) is 20.8 Å². The van der Waals surface area contributed by atoms with E-state index in [-0.39, 0.29) is 0 Å². The van der Waals surface area contributed by atoms with E-state index in [0.29, 0.717) is 0 Å². The Bertz CT molecular complexity index is 352. The Kier molecular flexibility index (Phi) is 4.61. The molecule has 92 valence electrons. The minimum atomic E-state index is -1.97. The summed E-state index contributed by atoms with van der Waals surface area (Å²) in [6.45, 7) is 3.73. The highest BCUT2D eigenvalue weighted by molar-refractivity contribution is 7.88. The summed E-state index contributed by atoms with van der Waals surface area (Å²) in [5, 5.41) is 9.42. The lowest BCUT2D eigenvalue weighted by Gasteiger charge is -2.22. The summed E-state index contributed by atoms with van der Waals surface area (Å²) in [5.41, 5.74) is 4.71. The van der Waals surface area contributed by atoms with E-state index in [4.69, 9.17) is 10.8 Å².